The van der Waals surface area contributed by atoms with E-state index in [1.165, 1.54) is 7.11 Å². The number of carbonyl (C=O) groups excluding carboxylic acids is 2. The number of nitrogens with zero attached hydrogens (tertiary/aromatic N) is 5. The van der Waals surface area contributed by atoms with Gasteiger partial charge in [0, 0.05) is 25.7 Å². The molecule has 4 aliphatic rings. The van der Waals surface area contributed by atoms with Crippen LogP contribution in [0.25, 0.3) is 5.65 Å². The van der Waals surface area contributed by atoms with E-state index in [-0.39, 0.29) is 66.2 Å². The minimum Gasteiger partial charge on any atom is -0.489 e. The zero-order valence-corrected chi connectivity index (χ0v) is 27.5. The number of rotatable bonds is 7. The van der Waals surface area contributed by atoms with Crippen molar-refractivity contribution in [2.24, 2.45) is 16.6 Å². The van der Waals surface area contributed by atoms with Crippen molar-refractivity contribution in [1.82, 2.24) is 25.1 Å². The fourth-order valence-electron chi connectivity index (χ4n) is 7.12. The van der Waals surface area contributed by atoms with Crippen LogP contribution in [0.5, 0.6) is 5.88 Å². The van der Waals surface area contributed by atoms with Crippen molar-refractivity contribution >= 4 is 47.3 Å². The van der Waals surface area contributed by atoms with Crippen molar-refractivity contribution in [1.29, 1.82) is 0 Å². The number of aromatic nitrogens is 4. The number of hydrogen-bond donors (Lipinski definition) is 5. The summed E-state index contributed by atoms with van der Waals surface area (Å²) in [5.74, 6) is -2.61. The number of carbonyl (C=O) groups is 3. The van der Waals surface area contributed by atoms with E-state index in [0.717, 1.165) is 72.3 Å². The second-order valence-electron chi connectivity index (χ2n) is 12.8. The molecule has 268 valence electrons. The highest BCUT2D eigenvalue weighted by Gasteiger charge is 2.52. The number of methoxy groups -OCH3 is 1. The quantitative estimate of drug-likeness (QED) is 0.135. The van der Waals surface area contributed by atoms with Gasteiger partial charge in [-0.3, -0.25) is 19.2 Å². The van der Waals surface area contributed by atoms with Crippen LogP contribution in [0.3, 0.4) is 0 Å². The number of nitrogens with one attached hydrogen (secondary N) is 1. The maximum absolute atomic E-state index is 12.7. The number of halogens is 1. The van der Waals surface area contributed by atoms with Crippen molar-refractivity contribution in [2.45, 2.75) is 65.5 Å². The first-order valence-electron chi connectivity index (χ1n) is 15.6. The van der Waals surface area contributed by atoms with Crippen LogP contribution in [-0.2, 0) is 29.0 Å². The predicted molar refractivity (Wildman–Crippen MR) is 185 cm³/mol. The van der Waals surface area contributed by atoms with Crippen molar-refractivity contribution < 1.29 is 29.3 Å². The first-order chi connectivity index (χ1) is 22.9. The van der Waals surface area contributed by atoms with Gasteiger partial charge in [-0.25, -0.2) is 9.78 Å². The average molecular weight is 713 g/mol. The van der Waals surface area contributed by atoms with Gasteiger partial charge in [0.1, 0.15) is 17.1 Å². The molecule has 1 amide bonds. The van der Waals surface area contributed by atoms with Crippen LogP contribution in [-0.4, -0.2) is 68.1 Å². The Morgan fingerprint density at radius 2 is 1.72 bits per heavy atom. The van der Waals surface area contributed by atoms with E-state index in [9.17, 15) is 34.2 Å². The standard InChI is InChI=1S/C21H17N7O6.C11H19NO2.CH4.ClH/c22-14-15(17(30)16(14)29)27-4-3-10-2-1-9(5-11(10)8-27)7-23-19(31)12-6-13(21(33)34)28-18(24-12)20(32)25-26-28;1-14-9(13)11-5-2-10(8-12,3-6-11)4-7-11;;/h1-2,5-6,32H,3-4,7-8,22H2,(H,23,31)(H,33,34);2-8,12H2,1H3;1H4;1H. The molecule has 0 unspecified atom stereocenters. The fourth-order valence-corrected chi connectivity index (χ4v) is 7.12. The van der Waals surface area contributed by atoms with Gasteiger partial charge in [-0.05, 0) is 73.6 Å². The molecule has 17 heteroatoms. The van der Waals surface area contributed by atoms with Crippen LogP contribution in [0.15, 0.2) is 33.9 Å². The van der Waals surface area contributed by atoms with Crippen molar-refractivity contribution in [3.63, 3.8) is 0 Å². The first kappa shape index (κ1) is 37.7. The molecule has 2 bridgehead atoms. The van der Waals surface area contributed by atoms with E-state index in [1.54, 1.807) is 4.90 Å². The summed E-state index contributed by atoms with van der Waals surface area (Å²) in [6.45, 7) is 1.87. The van der Waals surface area contributed by atoms with Crippen LogP contribution in [0.1, 0.15) is 83.6 Å². The van der Waals surface area contributed by atoms with Crippen LogP contribution in [0.2, 0.25) is 0 Å². The van der Waals surface area contributed by atoms with Gasteiger partial charge in [0.25, 0.3) is 22.6 Å². The molecule has 0 saturated heterocycles. The van der Waals surface area contributed by atoms with Gasteiger partial charge in [0.15, 0.2) is 5.69 Å². The minimum absolute atomic E-state index is 0. The van der Waals surface area contributed by atoms with Crippen LogP contribution in [0.4, 0.5) is 11.4 Å². The molecule has 7 N–H and O–H groups in total. The molecule has 1 aliphatic heterocycles. The molecule has 3 aliphatic carbocycles. The van der Waals surface area contributed by atoms with E-state index in [0.29, 0.717) is 24.9 Å². The highest BCUT2D eigenvalue weighted by molar-refractivity contribution is 5.96. The zero-order chi connectivity index (χ0) is 34.4. The molecule has 8 rings (SSSR count). The monoisotopic (exact) mass is 712 g/mol. The maximum Gasteiger partial charge on any atom is 0.354 e. The third kappa shape index (κ3) is 6.59. The minimum atomic E-state index is -1.37. The summed E-state index contributed by atoms with van der Waals surface area (Å²) in [5.41, 5.74) is 12.7. The number of amides is 1. The Morgan fingerprint density at radius 1 is 1.04 bits per heavy atom. The van der Waals surface area contributed by atoms with Gasteiger partial charge < -0.3 is 36.6 Å². The number of benzene rings is 1. The molecule has 3 saturated carbocycles. The third-order valence-corrected chi connectivity index (χ3v) is 10.2. The number of carboxylic acids is 1. The van der Waals surface area contributed by atoms with Gasteiger partial charge in [0.2, 0.25) is 5.65 Å². The smallest absolute Gasteiger partial charge is 0.354 e. The molecule has 2 aromatic carbocycles. The second-order valence-corrected chi connectivity index (χ2v) is 12.8. The van der Waals surface area contributed by atoms with Crippen LogP contribution >= 0.6 is 12.4 Å². The molecule has 2 aromatic heterocycles. The number of fused-ring (bicyclic) bond motifs is 5. The summed E-state index contributed by atoms with van der Waals surface area (Å²) in [4.78, 5) is 64.9. The topological polar surface area (TPSA) is 245 Å². The molecule has 50 heavy (non-hydrogen) atoms. The number of aromatic carboxylic acids is 1. The Balaban J connectivity index is 0.000000296. The van der Waals surface area contributed by atoms with E-state index >= 15 is 0 Å². The number of nitrogen functional groups attached to an aromatic ring is 1. The van der Waals surface area contributed by atoms with Gasteiger partial charge in [-0.15, -0.1) is 12.4 Å². The van der Waals surface area contributed by atoms with E-state index in [4.69, 9.17) is 16.2 Å². The summed E-state index contributed by atoms with van der Waals surface area (Å²) < 4.78 is 5.73. The molecule has 0 atom stereocenters. The Hall–Kier alpha value is -5.09. The normalized spacial score (nSPS) is 20.5. The second kappa shape index (κ2) is 14.4. The van der Waals surface area contributed by atoms with E-state index in [2.05, 4.69) is 20.6 Å². The van der Waals surface area contributed by atoms with Gasteiger partial charge >= 0.3 is 11.9 Å². The summed E-state index contributed by atoms with van der Waals surface area (Å²) in [5, 5.41) is 28.7. The Morgan fingerprint density at radius 3 is 2.32 bits per heavy atom. The Kier molecular flexibility index (Phi) is 10.9. The number of esters is 1. The Labute approximate surface area is 292 Å². The summed E-state index contributed by atoms with van der Waals surface area (Å²) in [6.07, 6.45) is 6.95. The highest BCUT2D eigenvalue weighted by atomic mass is 35.5. The molecule has 0 radical (unpaired) electrons. The number of nitrogens with two attached hydrogens (primary N) is 2. The van der Waals surface area contributed by atoms with Crippen LogP contribution < -0.4 is 32.5 Å². The lowest BCUT2D eigenvalue weighted by Gasteiger charge is -2.51. The van der Waals surface area contributed by atoms with Crippen LogP contribution in [0, 0.1) is 10.8 Å². The molecule has 0 spiro atoms. The molecule has 4 aromatic rings. The number of hydrogen-bond acceptors (Lipinski definition) is 13. The summed E-state index contributed by atoms with van der Waals surface area (Å²) in [7, 11) is 1.50. The lowest BCUT2D eigenvalue weighted by atomic mass is 9.54. The van der Waals surface area contributed by atoms with Crippen molar-refractivity contribution in [3.05, 3.63) is 72.8 Å². The molecular formula is C33H41ClN8O8. The lowest BCUT2D eigenvalue weighted by molar-refractivity contribution is -0.162. The molecule has 16 nitrogen and oxygen atoms in total. The average Bonchev–Trinajstić information content (AvgIpc) is 3.50. The Bertz CT molecular complexity index is 2000. The van der Waals surface area contributed by atoms with Crippen molar-refractivity contribution in [3.8, 4) is 5.88 Å². The lowest BCUT2D eigenvalue weighted by Crippen LogP contribution is -2.49. The maximum atomic E-state index is 12.7. The number of carboxylic acid groups (broad SMARTS) is 1. The first-order valence-corrected chi connectivity index (χ1v) is 15.6. The zero-order valence-electron chi connectivity index (χ0n) is 26.7. The van der Waals surface area contributed by atoms with E-state index < -0.39 is 28.6 Å². The van der Waals surface area contributed by atoms with Gasteiger partial charge in [0.05, 0.1) is 12.5 Å². The summed E-state index contributed by atoms with van der Waals surface area (Å²) in [6, 6.07) is 6.71. The predicted octanol–water partition coefficient (Wildman–Crippen LogP) is 1.72. The molecule has 3 fully saturated rings. The van der Waals surface area contributed by atoms with Crippen molar-refractivity contribution in [2.75, 3.05) is 30.8 Å². The molecular weight excluding hydrogens is 672 g/mol. The SMILES string of the molecule is C.COC(=O)C12CCC(CN)(CC1)CC2.Cl.Nc1c(N2CCc3ccc(CNC(=O)c4cc(C(=O)O)n5nnc(O)c5n4)cc3C2)c(=O)c1=O. The van der Waals surface area contributed by atoms with Gasteiger partial charge in [-0.2, -0.15) is 4.52 Å². The largest absolute Gasteiger partial charge is 0.489 e. The number of aromatic hydroxyl groups is 1. The summed E-state index contributed by atoms with van der Waals surface area (Å²) >= 11 is 0. The van der Waals surface area contributed by atoms with Gasteiger partial charge in [-0.1, -0.05) is 35.9 Å². The number of ether oxygens (including phenoxy) is 1. The molecule has 3 heterocycles. The fraction of sp³-hybridized carbons (Fsp3) is 0.455. The van der Waals surface area contributed by atoms with E-state index in [1.807, 2.05) is 18.2 Å². The highest BCUT2D eigenvalue weighted by Crippen LogP contribution is 2.56. The number of anilines is 2. The third-order valence-electron chi connectivity index (χ3n) is 10.2.